The van der Waals surface area contributed by atoms with Crippen LogP contribution in [-0.2, 0) is 10.0 Å². The quantitative estimate of drug-likeness (QED) is 0.366. The van der Waals surface area contributed by atoms with Crippen LogP contribution in [0.2, 0.25) is 5.02 Å². The number of H-pyrrole nitrogens is 1. The molecule has 0 aliphatic heterocycles. The summed E-state index contributed by atoms with van der Waals surface area (Å²) >= 11 is 6.05. The van der Waals surface area contributed by atoms with E-state index in [1.54, 1.807) is 54.7 Å². The number of aryl methyl sites for hydroxylation is 1. The van der Waals surface area contributed by atoms with Gasteiger partial charge in [-0.25, -0.2) is 8.42 Å². The molecule has 6 nitrogen and oxygen atoms in total. The molecule has 3 N–H and O–H groups in total. The molecule has 0 atom stereocenters. The molecule has 1 aromatic heterocycles. The van der Waals surface area contributed by atoms with Gasteiger partial charge in [0.25, 0.3) is 10.0 Å². The molecule has 0 saturated heterocycles. The SMILES string of the molecule is Cc1ccc(S(=O)(=O)Nc2cccc(-c3[nH]ncc3Nc3cccc(Cl)c3)c2)cc1. The summed E-state index contributed by atoms with van der Waals surface area (Å²) in [4.78, 5) is 0.211. The maximum absolute atomic E-state index is 12.7. The Morgan fingerprint density at radius 3 is 2.43 bits per heavy atom. The van der Waals surface area contributed by atoms with Crippen molar-refractivity contribution in [2.24, 2.45) is 0 Å². The van der Waals surface area contributed by atoms with Gasteiger partial charge in [-0.05, 0) is 49.4 Å². The zero-order chi connectivity index (χ0) is 21.1. The van der Waals surface area contributed by atoms with E-state index in [9.17, 15) is 8.42 Å². The van der Waals surface area contributed by atoms with Crippen molar-refractivity contribution in [2.45, 2.75) is 11.8 Å². The van der Waals surface area contributed by atoms with Crippen LogP contribution in [0.3, 0.4) is 0 Å². The van der Waals surface area contributed by atoms with E-state index in [1.807, 2.05) is 31.2 Å². The highest BCUT2D eigenvalue weighted by molar-refractivity contribution is 7.92. The third-order valence-corrected chi connectivity index (χ3v) is 6.11. The van der Waals surface area contributed by atoms with Gasteiger partial charge >= 0.3 is 0 Å². The predicted molar refractivity (Wildman–Crippen MR) is 121 cm³/mol. The van der Waals surface area contributed by atoms with E-state index in [0.717, 1.165) is 28.2 Å². The lowest BCUT2D eigenvalue weighted by Crippen LogP contribution is -2.12. The standard InChI is InChI=1S/C22H19ClN4O2S/c1-15-8-10-20(11-9-15)30(28,29)27-19-7-2-4-16(12-19)22-21(14-24-26-22)25-18-6-3-5-17(23)13-18/h2-14,25,27H,1H3,(H,24,26). The average molecular weight is 439 g/mol. The molecule has 30 heavy (non-hydrogen) atoms. The summed E-state index contributed by atoms with van der Waals surface area (Å²) in [6.07, 6.45) is 1.67. The van der Waals surface area contributed by atoms with Gasteiger partial charge in [-0.2, -0.15) is 5.10 Å². The first-order chi connectivity index (χ1) is 14.4. The van der Waals surface area contributed by atoms with Crippen molar-refractivity contribution < 1.29 is 8.42 Å². The lowest BCUT2D eigenvalue weighted by Gasteiger charge is -2.11. The molecule has 0 fully saturated rings. The minimum atomic E-state index is -3.69. The number of sulfonamides is 1. The summed E-state index contributed by atoms with van der Waals surface area (Å²) in [6, 6.07) is 21.2. The normalized spacial score (nSPS) is 11.3. The molecule has 152 valence electrons. The smallest absolute Gasteiger partial charge is 0.261 e. The summed E-state index contributed by atoms with van der Waals surface area (Å²) < 4.78 is 28.0. The van der Waals surface area contributed by atoms with Crippen LogP contribution in [0.4, 0.5) is 17.1 Å². The Balaban J connectivity index is 1.60. The van der Waals surface area contributed by atoms with Gasteiger partial charge in [0.05, 0.1) is 22.5 Å². The van der Waals surface area contributed by atoms with Crippen molar-refractivity contribution in [2.75, 3.05) is 10.0 Å². The minimum Gasteiger partial charge on any atom is -0.352 e. The lowest BCUT2D eigenvalue weighted by molar-refractivity contribution is 0.601. The molecule has 0 unspecified atom stereocenters. The molecule has 0 aliphatic carbocycles. The van der Waals surface area contributed by atoms with Crippen LogP contribution < -0.4 is 10.0 Å². The van der Waals surface area contributed by atoms with E-state index in [2.05, 4.69) is 20.2 Å². The number of benzene rings is 3. The first-order valence-corrected chi connectivity index (χ1v) is 11.0. The monoisotopic (exact) mass is 438 g/mol. The van der Waals surface area contributed by atoms with Crippen LogP contribution in [0.15, 0.2) is 83.9 Å². The van der Waals surface area contributed by atoms with E-state index in [-0.39, 0.29) is 4.90 Å². The molecular formula is C22H19ClN4O2S. The average Bonchev–Trinajstić information content (AvgIpc) is 3.16. The summed E-state index contributed by atoms with van der Waals surface area (Å²) in [5, 5.41) is 11.0. The highest BCUT2D eigenvalue weighted by Crippen LogP contribution is 2.31. The molecule has 8 heteroatoms. The molecular weight excluding hydrogens is 420 g/mol. The van der Waals surface area contributed by atoms with Gasteiger partial charge in [0.2, 0.25) is 0 Å². The molecule has 0 amide bonds. The lowest BCUT2D eigenvalue weighted by atomic mass is 10.1. The summed E-state index contributed by atoms with van der Waals surface area (Å²) in [7, 11) is -3.69. The zero-order valence-corrected chi connectivity index (χ0v) is 17.6. The maximum Gasteiger partial charge on any atom is 0.261 e. The van der Waals surface area contributed by atoms with Crippen LogP contribution in [0.5, 0.6) is 0 Å². The van der Waals surface area contributed by atoms with Gasteiger partial charge < -0.3 is 5.32 Å². The second-order valence-electron chi connectivity index (χ2n) is 6.79. The Morgan fingerprint density at radius 1 is 0.933 bits per heavy atom. The first-order valence-electron chi connectivity index (χ1n) is 9.17. The molecule has 0 bridgehead atoms. The number of halogens is 1. The fourth-order valence-electron chi connectivity index (χ4n) is 2.99. The van der Waals surface area contributed by atoms with Gasteiger partial charge in [0, 0.05) is 22.0 Å². The molecule has 0 saturated carbocycles. The Hall–Kier alpha value is -3.29. The minimum absolute atomic E-state index is 0.211. The summed E-state index contributed by atoms with van der Waals surface area (Å²) in [5.41, 5.74) is 4.52. The second-order valence-corrected chi connectivity index (χ2v) is 8.91. The Labute approximate surface area is 180 Å². The first kappa shape index (κ1) is 20.0. The number of hydrogen-bond donors (Lipinski definition) is 3. The van der Waals surface area contributed by atoms with Crippen molar-refractivity contribution in [3.05, 3.63) is 89.6 Å². The topological polar surface area (TPSA) is 86.9 Å². The number of nitrogens with zero attached hydrogens (tertiary/aromatic N) is 1. The van der Waals surface area contributed by atoms with Crippen LogP contribution in [0.1, 0.15) is 5.56 Å². The van der Waals surface area contributed by atoms with Gasteiger partial charge in [0.15, 0.2) is 0 Å². The fourth-order valence-corrected chi connectivity index (χ4v) is 4.23. The van der Waals surface area contributed by atoms with Crippen LogP contribution in [0.25, 0.3) is 11.3 Å². The summed E-state index contributed by atoms with van der Waals surface area (Å²) in [6.45, 7) is 1.91. The molecule has 1 heterocycles. The third-order valence-electron chi connectivity index (χ3n) is 4.48. The number of aromatic nitrogens is 2. The largest absolute Gasteiger partial charge is 0.352 e. The molecule has 0 radical (unpaired) electrons. The molecule has 4 rings (SSSR count). The molecule has 4 aromatic rings. The number of anilines is 3. The van der Waals surface area contributed by atoms with Crippen LogP contribution >= 0.6 is 11.6 Å². The Bertz CT molecular complexity index is 1280. The highest BCUT2D eigenvalue weighted by Gasteiger charge is 2.15. The van der Waals surface area contributed by atoms with Crippen LogP contribution in [0, 0.1) is 6.92 Å². The third kappa shape index (κ3) is 4.48. The van der Waals surface area contributed by atoms with E-state index < -0.39 is 10.0 Å². The van der Waals surface area contributed by atoms with Crippen molar-refractivity contribution in [1.29, 1.82) is 0 Å². The molecule has 0 aliphatic rings. The number of aromatic amines is 1. The van der Waals surface area contributed by atoms with Gasteiger partial charge in [0.1, 0.15) is 0 Å². The molecule has 0 spiro atoms. The van der Waals surface area contributed by atoms with Crippen molar-refractivity contribution in [1.82, 2.24) is 10.2 Å². The number of nitrogens with one attached hydrogen (secondary N) is 3. The van der Waals surface area contributed by atoms with Crippen molar-refractivity contribution in [3.8, 4) is 11.3 Å². The van der Waals surface area contributed by atoms with E-state index >= 15 is 0 Å². The van der Waals surface area contributed by atoms with Gasteiger partial charge in [-0.15, -0.1) is 0 Å². The maximum atomic E-state index is 12.7. The predicted octanol–water partition coefficient (Wildman–Crippen LogP) is 5.58. The Morgan fingerprint density at radius 2 is 1.67 bits per heavy atom. The summed E-state index contributed by atoms with van der Waals surface area (Å²) in [5.74, 6) is 0. The Kier molecular flexibility index (Phi) is 5.48. The number of hydrogen-bond acceptors (Lipinski definition) is 4. The second kappa shape index (κ2) is 8.22. The van der Waals surface area contributed by atoms with E-state index in [4.69, 9.17) is 11.6 Å². The van der Waals surface area contributed by atoms with Crippen molar-refractivity contribution >= 4 is 38.7 Å². The van der Waals surface area contributed by atoms with Crippen molar-refractivity contribution in [3.63, 3.8) is 0 Å². The van der Waals surface area contributed by atoms with Gasteiger partial charge in [-0.1, -0.05) is 47.5 Å². The zero-order valence-electron chi connectivity index (χ0n) is 16.1. The van der Waals surface area contributed by atoms with E-state index in [0.29, 0.717) is 10.7 Å². The van der Waals surface area contributed by atoms with Gasteiger partial charge in [-0.3, -0.25) is 9.82 Å². The highest BCUT2D eigenvalue weighted by atomic mass is 35.5. The fraction of sp³-hybridized carbons (Fsp3) is 0.0455. The van der Waals surface area contributed by atoms with Crippen LogP contribution in [-0.4, -0.2) is 18.6 Å². The molecule has 3 aromatic carbocycles. The number of rotatable bonds is 6. The van der Waals surface area contributed by atoms with E-state index in [1.165, 1.54) is 0 Å².